The summed E-state index contributed by atoms with van der Waals surface area (Å²) in [6.45, 7) is 2.32. The number of carbonyl (C=O) groups excluding carboxylic acids is 1. The highest BCUT2D eigenvalue weighted by Gasteiger charge is 2.23. The summed E-state index contributed by atoms with van der Waals surface area (Å²) in [5, 5.41) is 4.21. The first-order valence-electron chi connectivity index (χ1n) is 6.53. The maximum absolute atomic E-state index is 12.4. The molecule has 1 saturated heterocycles. The van der Waals surface area contributed by atoms with E-state index in [-0.39, 0.29) is 5.91 Å². The Labute approximate surface area is 116 Å². The molecule has 0 aliphatic carbocycles. The zero-order chi connectivity index (χ0) is 13.9. The van der Waals surface area contributed by atoms with Gasteiger partial charge in [0.25, 0.3) is 5.91 Å². The van der Waals surface area contributed by atoms with Gasteiger partial charge < -0.3 is 15.4 Å². The molecule has 0 unspecified atom stereocenters. The van der Waals surface area contributed by atoms with E-state index in [1.807, 2.05) is 30.3 Å². The molecule has 0 atom stereocenters. The van der Waals surface area contributed by atoms with Gasteiger partial charge in [-0.3, -0.25) is 4.79 Å². The minimum Gasteiger partial charge on any atom is -0.383 e. The lowest BCUT2D eigenvalue weighted by Crippen LogP contribution is -2.40. The number of nitrogen functional groups attached to an aromatic ring is 1. The quantitative estimate of drug-likeness (QED) is 0.882. The summed E-state index contributed by atoms with van der Waals surface area (Å²) >= 11 is 0. The smallest absolute Gasteiger partial charge is 0.259 e. The molecule has 1 aliphatic heterocycles. The number of ether oxygens (including phenoxy) is 1. The van der Waals surface area contributed by atoms with Gasteiger partial charge in [0, 0.05) is 13.1 Å². The predicted molar refractivity (Wildman–Crippen MR) is 74.7 cm³/mol. The van der Waals surface area contributed by atoms with E-state index < -0.39 is 0 Å². The summed E-state index contributed by atoms with van der Waals surface area (Å²) in [6.07, 6.45) is 1.53. The number of carbonyl (C=O) groups is 1. The molecule has 1 aliphatic rings. The van der Waals surface area contributed by atoms with Crippen molar-refractivity contribution in [2.45, 2.75) is 0 Å². The summed E-state index contributed by atoms with van der Waals surface area (Å²) in [4.78, 5) is 14.1. The number of hydrogen-bond acceptors (Lipinski definition) is 4. The Bertz CT molecular complexity index is 603. The molecule has 1 fully saturated rings. The molecule has 6 heteroatoms. The third-order valence-electron chi connectivity index (χ3n) is 3.34. The van der Waals surface area contributed by atoms with Crippen LogP contribution in [0.4, 0.5) is 5.82 Å². The van der Waals surface area contributed by atoms with Gasteiger partial charge >= 0.3 is 0 Å². The first-order chi connectivity index (χ1) is 9.77. The molecule has 2 N–H and O–H groups in total. The number of morpholine rings is 1. The number of anilines is 1. The minimum absolute atomic E-state index is 0.0898. The van der Waals surface area contributed by atoms with E-state index in [9.17, 15) is 4.79 Å². The normalized spacial score (nSPS) is 15.3. The number of aromatic nitrogens is 2. The van der Waals surface area contributed by atoms with Crippen LogP contribution in [0.1, 0.15) is 10.4 Å². The number of rotatable bonds is 2. The van der Waals surface area contributed by atoms with E-state index in [1.165, 1.54) is 6.20 Å². The van der Waals surface area contributed by atoms with Gasteiger partial charge in [0.15, 0.2) is 0 Å². The van der Waals surface area contributed by atoms with Crippen molar-refractivity contribution in [3.63, 3.8) is 0 Å². The second kappa shape index (κ2) is 5.34. The Kier molecular flexibility index (Phi) is 3.39. The number of amides is 1. The van der Waals surface area contributed by atoms with Crippen molar-refractivity contribution < 1.29 is 9.53 Å². The lowest BCUT2D eigenvalue weighted by atomic mass is 10.2. The van der Waals surface area contributed by atoms with Crippen molar-refractivity contribution in [2.24, 2.45) is 0 Å². The minimum atomic E-state index is -0.0898. The van der Waals surface area contributed by atoms with Crippen molar-refractivity contribution in [2.75, 3.05) is 32.0 Å². The molecule has 1 aromatic carbocycles. The molecule has 0 spiro atoms. The molecule has 0 bridgehead atoms. The average molecular weight is 272 g/mol. The van der Waals surface area contributed by atoms with E-state index >= 15 is 0 Å². The number of hydrogen-bond donors (Lipinski definition) is 1. The van der Waals surface area contributed by atoms with Crippen molar-refractivity contribution >= 4 is 11.7 Å². The highest BCUT2D eigenvalue weighted by atomic mass is 16.5. The molecular formula is C14H16N4O2. The molecule has 1 amide bonds. The first kappa shape index (κ1) is 12.7. The van der Waals surface area contributed by atoms with E-state index in [1.54, 1.807) is 9.58 Å². The van der Waals surface area contributed by atoms with E-state index in [0.29, 0.717) is 37.7 Å². The topological polar surface area (TPSA) is 73.4 Å². The van der Waals surface area contributed by atoms with Gasteiger partial charge in [-0.2, -0.15) is 5.10 Å². The Hall–Kier alpha value is -2.34. The number of nitrogens with two attached hydrogens (primary N) is 1. The van der Waals surface area contributed by atoms with Crippen LogP contribution in [-0.4, -0.2) is 46.9 Å². The Balaban J connectivity index is 1.88. The zero-order valence-corrected chi connectivity index (χ0v) is 11.0. The third-order valence-corrected chi connectivity index (χ3v) is 3.34. The molecule has 2 heterocycles. The van der Waals surface area contributed by atoms with Crippen molar-refractivity contribution in [3.05, 3.63) is 42.1 Å². The fourth-order valence-electron chi connectivity index (χ4n) is 2.23. The van der Waals surface area contributed by atoms with Crippen molar-refractivity contribution in [1.29, 1.82) is 0 Å². The Morgan fingerprint density at radius 3 is 2.60 bits per heavy atom. The summed E-state index contributed by atoms with van der Waals surface area (Å²) in [5.74, 6) is 0.278. The van der Waals surface area contributed by atoms with Gasteiger partial charge in [0.1, 0.15) is 11.4 Å². The monoisotopic (exact) mass is 272 g/mol. The average Bonchev–Trinajstić information content (AvgIpc) is 2.90. The first-order valence-corrected chi connectivity index (χ1v) is 6.53. The standard InChI is InChI=1S/C14H16N4O2/c15-13-12(14(19)17-6-8-20-9-7-17)10-16-18(13)11-4-2-1-3-5-11/h1-5,10H,6-9,15H2. The van der Waals surface area contributed by atoms with Crippen LogP contribution < -0.4 is 5.73 Å². The molecule has 3 rings (SSSR count). The van der Waals surface area contributed by atoms with Crippen LogP contribution in [0.25, 0.3) is 5.69 Å². The van der Waals surface area contributed by atoms with Crippen LogP contribution in [0.3, 0.4) is 0 Å². The van der Waals surface area contributed by atoms with Crippen LogP contribution in [0.2, 0.25) is 0 Å². The number of benzene rings is 1. The van der Waals surface area contributed by atoms with Crippen LogP contribution >= 0.6 is 0 Å². The van der Waals surface area contributed by atoms with E-state index in [2.05, 4.69) is 5.10 Å². The van der Waals surface area contributed by atoms with Crippen LogP contribution in [0.15, 0.2) is 36.5 Å². The van der Waals surface area contributed by atoms with E-state index in [0.717, 1.165) is 5.69 Å². The zero-order valence-electron chi connectivity index (χ0n) is 11.0. The predicted octanol–water partition coefficient (Wildman–Crippen LogP) is 0.927. The summed E-state index contributed by atoms with van der Waals surface area (Å²) in [6, 6.07) is 9.52. The van der Waals surface area contributed by atoms with Gasteiger partial charge in [-0.15, -0.1) is 0 Å². The molecule has 0 saturated carbocycles. The van der Waals surface area contributed by atoms with Crippen molar-refractivity contribution in [1.82, 2.24) is 14.7 Å². The fraction of sp³-hybridized carbons (Fsp3) is 0.286. The van der Waals surface area contributed by atoms with Gasteiger partial charge in [-0.25, -0.2) is 4.68 Å². The maximum atomic E-state index is 12.4. The second-order valence-corrected chi connectivity index (χ2v) is 4.60. The summed E-state index contributed by atoms with van der Waals surface area (Å²) in [7, 11) is 0. The highest BCUT2D eigenvalue weighted by Crippen LogP contribution is 2.18. The van der Waals surface area contributed by atoms with Crippen LogP contribution in [-0.2, 0) is 4.74 Å². The summed E-state index contributed by atoms with van der Waals surface area (Å²) in [5.41, 5.74) is 7.34. The van der Waals surface area contributed by atoms with Crippen molar-refractivity contribution in [3.8, 4) is 5.69 Å². The largest absolute Gasteiger partial charge is 0.383 e. The fourth-order valence-corrected chi connectivity index (χ4v) is 2.23. The number of nitrogens with zero attached hydrogens (tertiary/aromatic N) is 3. The summed E-state index contributed by atoms with van der Waals surface area (Å²) < 4.78 is 6.82. The second-order valence-electron chi connectivity index (χ2n) is 4.60. The SMILES string of the molecule is Nc1c(C(=O)N2CCOCC2)cnn1-c1ccccc1. The van der Waals surface area contributed by atoms with Gasteiger partial charge in [-0.05, 0) is 12.1 Å². The van der Waals surface area contributed by atoms with Gasteiger partial charge in [0.2, 0.25) is 0 Å². The molecular weight excluding hydrogens is 256 g/mol. The third kappa shape index (κ3) is 2.25. The van der Waals surface area contributed by atoms with Gasteiger partial charge in [-0.1, -0.05) is 18.2 Å². The maximum Gasteiger partial charge on any atom is 0.259 e. The van der Waals surface area contributed by atoms with Crippen LogP contribution in [0, 0.1) is 0 Å². The van der Waals surface area contributed by atoms with Crippen LogP contribution in [0.5, 0.6) is 0 Å². The molecule has 2 aromatic rings. The molecule has 1 aromatic heterocycles. The highest BCUT2D eigenvalue weighted by molar-refractivity contribution is 5.98. The molecule has 0 radical (unpaired) electrons. The molecule has 104 valence electrons. The van der Waals surface area contributed by atoms with E-state index in [4.69, 9.17) is 10.5 Å². The lowest BCUT2D eigenvalue weighted by molar-refractivity contribution is 0.0303. The molecule has 6 nitrogen and oxygen atoms in total. The number of para-hydroxylation sites is 1. The van der Waals surface area contributed by atoms with Gasteiger partial charge in [0.05, 0.1) is 25.1 Å². The Morgan fingerprint density at radius 1 is 1.20 bits per heavy atom. The molecule has 20 heavy (non-hydrogen) atoms. The Morgan fingerprint density at radius 2 is 1.90 bits per heavy atom. The lowest BCUT2D eigenvalue weighted by Gasteiger charge is -2.26.